The first kappa shape index (κ1) is 13.5. The van der Waals surface area contributed by atoms with Crippen LogP contribution in [0.2, 0.25) is 0 Å². The number of fused-ring (bicyclic) bond motifs is 2. The maximum Gasteiger partial charge on any atom is 0.229 e. The fourth-order valence-electron chi connectivity index (χ4n) is 3.78. The highest BCUT2D eigenvalue weighted by Crippen LogP contribution is 2.48. The Morgan fingerprint density at radius 1 is 1.33 bits per heavy atom. The smallest absolute Gasteiger partial charge is 0.229 e. The van der Waals surface area contributed by atoms with Gasteiger partial charge in [-0.05, 0) is 50.2 Å². The van der Waals surface area contributed by atoms with Gasteiger partial charge in [-0.15, -0.1) is 22.7 Å². The molecule has 2 aliphatic carbocycles. The van der Waals surface area contributed by atoms with Gasteiger partial charge in [-0.1, -0.05) is 6.42 Å². The Morgan fingerprint density at radius 2 is 2.24 bits per heavy atom. The summed E-state index contributed by atoms with van der Waals surface area (Å²) in [5, 5.41) is 5.81. The molecule has 110 valence electrons. The summed E-state index contributed by atoms with van der Waals surface area (Å²) in [6.07, 6.45) is 4.91. The molecule has 2 heterocycles. The van der Waals surface area contributed by atoms with Crippen molar-refractivity contribution in [3.05, 3.63) is 22.4 Å². The third kappa shape index (κ3) is 2.53. The molecule has 1 amide bonds. The van der Waals surface area contributed by atoms with Gasteiger partial charge in [0.25, 0.3) is 0 Å². The lowest BCUT2D eigenvalue weighted by atomic mass is 9.88. The second-order valence-corrected chi connectivity index (χ2v) is 8.36. The Kier molecular flexibility index (Phi) is 3.34. The van der Waals surface area contributed by atoms with Gasteiger partial charge in [0.1, 0.15) is 0 Å². The zero-order valence-corrected chi connectivity index (χ0v) is 13.6. The maximum absolute atomic E-state index is 12.4. The molecule has 0 aromatic carbocycles. The van der Waals surface area contributed by atoms with Gasteiger partial charge in [-0.2, -0.15) is 0 Å². The molecule has 5 heteroatoms. The number of hydrogen-bond acceptors (Lipinski definition) is 4. The number of anilines is 1. The van der Waals surface area contributed by atoms with E-state index in [1.807, 2.05) is 5.38 Å². The summed E-state index contributed by atoms with van der Waals surface area (Å²) >= 11 is 3.26. The Morgan fingerprint density at radius 3 is 2.90 bits per heavy atom. The summed E-state index contributed by atoms with van der Waals surface area (Å²) in [6, 6.07) is 4.20. The number of hydrogen-bond donors (Lipinski definition) is 1. The molecule has 2 aromatic rings. The van der Waals surface area contributed by atoms with Gasteiger partial charge in [-0.25, -0.2) is 4.98 Å². The lowest BCUT2D eigenvalue weighted by molar-refractivity contribution is -0.121. The first-order valence-electron chi connectivity index (χ1n) is 7.52. The summed E-state index contributed by atoms with van der Waals surface area (Å²) in [5.41, 5.74) is 0.973. The number of aryl methyl sites for hydroxylation is 1. The number of thiophene rings is 1. The molecule has 2 aromatic heterocycles. The molecular weight excluding hydrogens is 300 g/mol. The summed E-state index contributed by atoms with van der Waals surface area (Å²) in [5.74, 6) is 1.83. The molecule has 3 nitrogen and oxygen atoms in total. The first-order chi connectivity index (χ1) is 10.2. The van der Waals surface area contributed by atoms with Crippen molar-refractivity contribution < 1.29 is 4.79 Å². The largest absolute Gasteiger partial charge is 0.302 e. The SMILES string of the molecule is Cc1ccc(-c2csc(NC(=O)C3CC4CCC3C4)n2)s1. The number of thiazole rings is 1. The summed E-state index contributed by atoms with van der Waals surface area (Å²) < 4.78 is 0. The van der Waals surface area contributed by atoms with Gasteiger partial charge >= 0.3 is 0 Å². The van der Waals surface area contributed by atoms with E-state index in [0.29, 0.717) is 5.92 Å². The number of aromatic nitrogens is 1. The molecule has 0 radical (unpaired) electrons. The molecule has 21 heavy (non-hydrogen) atoms. The second kappa shape index (κ2) is 5.21. The van der Waals surface area contributed by atoms with E-state index in [9.17, 15) is 4.79 Å². The summed E-state index contributed by atoms with van der Waals surface area (Å²) in [7, 11) is 0. The topological polar surface area (TPSA) is 42.0 Å². The van der Waals surface area contributed by atoms with Crippen LogP contribution in [0.25, 0.3) is 10.6 Å². The van der Waals surface area contributed by atoms with Crippen molar-refractivity contribution in [3.63, 3.8) is 0 Å². The van der Waals surface area contributed by atoms with Crippen molar-refractivity contribution in [2.45, 2.75) is 32.6 Å². The zero-order valence-electron chi connectivity index (χ0n) is 12.0. The van der Waals surface area contributed by atoms with Crippen LogP contribution in [0.15, 0.2) is 17.5 Å². The number of carbonyl (C=O) groups is 1. The lowest BCUT2D eigenvalue weighted by Crippen LogP contribution is -2.27. The maximum atomic E-state index is 12.4. The van der Waals surface area contributed by atoms with E-state index in [4.69, 9.17) is 0 Å². The highest BCUT2D eigenvalue weighted by atomic mass is 32.1. The van der Waals surface area contributed by atoms with Crippen LogP contribution in [0.1, 0.15) is 30.6 Å². The Bertz CT molecular complexity index is 675. The predicted octanol–water partition coefficient (Wildman–Crippen LogP) is 4.55. The molecule has 2 saturated carbocycles. The van der Waals surface area contributed by atoms with Gasteiger partial charge in [0.2, 0.25) is 5.91 Å². The van der Waals surface area contributed by atoms with Crippen LogP contribution in [-0.2, 0) is 4.79 Å². The number of carbonyl (C=O) groups excluding carboxylic acids is 1. The molecule has 2 fully saturated rings. The van der Waals surface area contributed by atoms with Crippen molar-refractivity contribution in [2.75, 3.05) is 5.32 Å². The molecule has 1 N–H and O–H groups in total. The highest BCUT2D eigenvalue weighted by molar-refractivity contribution is 7.17. The van der Waals surface area contributed by atoms with Crippen LogP contribution in [-0.4, -0.2) is 10.9 Å². The van der Waals surface area contributed by atoms with E-state index in [1.54, 1.807) is 11.3 Å². The molecule has 2 bridgehead atoms. The number of nitrogens with zero attached hydrogens (tertiary/aromatic N) is 1. The van der Waals surface area contributed by atoms with Crippen molar-refractivity contribution >= 4 is 33.7 Å². The Balaban J connectivity index is 1.45. The standard InChI is InChI=1S/C16H18N2OS2/c1-9-2-5-14(21-9)13-8-20-16(17-13)18-15(19)12-7-10-3-4-11(12)6-10/h2,5,8,10-12H,3-4,6-7H2,1H3,(H,17,18,19). The van der Waals surface area contributed by atoms with Crippen LogP contribution >= 0.6 is 22.7 Å². The van der Waals surface area contributed by atoms with Crippen molar-refractivity contribution in [1.29, 1.82) is 0 Å². The van der Waals surface area contributed by atoms with E-state index >= 15 is 0 Å². The van der Waals surface area contributed by atoms with Crippen LogP contribution in [0.3, 0.4) is 0 Å². The number of rotatable bonds is 3. The van der Waals surface area contributed by atoms with Crippen LogP contribution < -0.4 is 5.32 Å². The number of amides is 1. The minimum absolute atomic E-state index is 0.186. The lowest BCUT2D eigenvalue weighted by Gasteiger charge is -2.19. The van der Waals surface area contributed by atoms with E-state index in [1.165, 1.54) is 40.4 Å². The molecule has 2 aliphatic rings. The third-order valence-corrected chi connectivity index (χ3v) is 6.58. The van der Waals surface area contributed by atoms with Crippen LogP contribution in [0.4, 0.5) is 5.13 Å². The molecule has 0 spiro atoms. The second-order valence-electron chi connectivity index (χ2n) is 6.22. The van der Waals surface area contributed by atoms with Crippen LogP contribution in [0, 0.1) is 24.7 Å². The van der Waals surface area contributed by atoms with Gasteiger partial charge in [-0.3, -0.25) is 4.79 Å². The molecular formula is C16H18N2OS2. The highest BCUT2D eigenvalue weighted by Gasteiger charge is 2.43. The van der Waals surface area contributed by atoms with Gasteiger partial charge in [0, 0.05) is 16.2 Å². The van der Waals surface area contributed by atoms with E-state index in [0.717, 1.165) is 23.2 Å². The van der Waals surface area contributed by atoms with Gasteiger partial charge in [0.15, 0.2) is 5.13 Å². The normalized spacial score (nSPS) is 27.2. The van der Waals surface area contributed by atoms with Crippen LogP contribution in [0.5, 0.6) is 0 Å². The van der Waals surface area contributed by atoms with E-state index in [2.05, 4.69) is 29.4 Å². The third-order valence-electron chi connectivity index (χ3n) is 4.80. The quantitative estimate of drug-likeness (QED) is 0.901. The molecule has 3 unspecified atom stereocenters. The Labute approximate surface area is 132 Å². The van der Waals surface area contributed by atoms with Gasteiger partial charge < -0.3 is 5.32 Å². The summed E-state index contributed by atoms with van der Waals surface area (Å²) in [4.78, 5) is 19.4. The minimum Gasteiger partial charge on any atom is -0.302 e. The van der Waals surface area contributed by atoms with Gasteiger partial charge in [0.05, 0.1) is 10.6 Å². The average Bonchev–Trinajstić information content (AvgIpc) is 3.21. The molecule has 0 aliphatic heterocycles. The number of nitrogens with one attached hydrogen (secondary N) is 1. The average molecular weight is 318 g/mol. The Hall–Kier alpha value is -1.20. The monoisotopic (exact) mass is 318 g/mol. The van der Waals surface area contributed by atoms with Crippen molar-refractivity contribution in [1.82, 2.24) is 4.98 Å². The molecule has 4 rings (SSSR count). The van der Waals surface area contributed by atoms with Crippen molar-refractivity contribution in [2.24, 2.45) is 17.8 Å². The van der Waals surface area contributed by atoms with E-state index < -0.39 is 0 Å². The summed E-state index contributed by atoms with van der Waals surface area (Å²) in [6.45, 7) is 2.10. The molecule has 3 atom stereocenters. The van der Waals surface area contributed by atoms with Crippen molar-refractivity contribution in [3.8, 4) is 10.6 Å². The zero-order chi connectivity index (χ0) is 14.4. The van der Waals surface area contributed by atoms with E-state index in [-0.39, 0.29) is 11.8 Å². The predicted molar refractivity (Wildman–Crippen MR) is 87.7 cm³/mol. The first-order valence-corrected chi connectivity index (χ1v) is 9.22. The fourth-order valence-corrected chi connectivity index (χ4v) is 5.40. The fraction of sp³-hybridized carbons (Fsp3) is 0.500. The molecule has 0 saturated heterocycles. The minimum atomic E-state index is 0.186.